The van der Waals surface area contributed by atoms with Gasteiger partial charge < -0.3 is 14.6 Å². The lowest BCUT2D eigenvalue weighted by Gasteiger charge is -2.32. The predicted molar refractivity (Wildman–Crippen MR) is 95.2 cm³/mol. The number of aromatic nitrogens is 5. The molecule has 0 bridgehead atoms. The number of hydrogen-bond acceptors (Lipinski definition) is 5. The molecule has 2 aromatic heterocycles. The number of carbonyl (C=O) groups is 1. The quantitative estimate of drug-likeness (QED) is 0.768. The number of likely N-dealkylation sites (tertiary alicyclic amines) is 1. The minimum atomic E-state index is -0.615. The van der Waals surface area contributed by atoms with E-state index in [1.165, 1.54) is 0 Å². The van der Waals surface area contributed by atoms with E-state index in [1.807, 2.05) is 38.4 Å². The van der Waals surface area contributed by atoms with Crippen LogP contribution in [0.5, 0.6) is 0 Å². The van der Waals surface area contributed by atoms with Crippen molar-refractivity contribution < 1.29 is 9.90 Å². The van der Waals surface area contributed by atoms with Crippen molar-refractivity contribution in [2.75, 3.05) is 13.1 Å². The fraction of sp³-hybridized carbons (Fsp3) is 0.444. The monoisotopic (exact) mass is 354 g/mol. The zero-order chi connectivity index (χ0) is 18.1. The smallest absolute Gasteiger partial charge is 0.242 e. The van der Waals surface area contributed by atoms with Gasteiger partial charge in [-0.3, -0.25) is 4.79 Å². The normalized spacial score (nSPS) is 16.9. The van der Waals surface area contributed by atoms with E-state index >= 15 is 0 Å². The third-order valence-corrected chi connectivity index (χ3v) is 4.98. The Balaban J connectivity index is 1.37. The van der Waals surface area contributed by atoms with Crippen molar-refractivity contribution in [3.8, 4) is 0 Å². The molecule has 1 atom stereocenters. The zero-order valence-electron chi connectivity index (χ0n) is 14.7. The van der Waals surface area contributed by atoms with E-state index in [2.05, 4.69) is 15.3 Å². The number of piperidine rings is 1. The topological polar surface area (TPSA) is 89.1 Å². The van der Waals surface area contributed by atoms with Gasteiger partial charge in [0.15, 0.2) is 0 Å². The van der Waals surface area contributed by atoms with Crippen molar-refractivity contribution in [3.63, 3.8) is 0 Å². The lowest BCUT2D eigenvalue weighted by molar-refractivity contribution is -0.133. The number of carbonyl (C=O) groups excluding carboxylic acids is 1. The lowest BCUT2D eigenvalue weighted by Crippen LogP contribution is -2.40. The molecule has 1 aromatic carbocycles. The summed E-state index contributed by atoms with van der Waals surface area (Å²) in [7, 11) is 0. The predicted octanol–water partition coefficient (Wildman–Crippen LogP) is 1.54. The number of fused-ring (bicyclic) bond motifs is 1. The average molecular weight is 354 g/mol. The number of rotatable bonds is 4. The average Bonchev–Trinajstić information content (AvgIpc) is 3.30. The molecule has 0 saturated carbocycles. The van der Waals surface area contributed by atoms with Crippen LogP contribution in [0.3, 0.4) is 0 Å². The van der Waals surface area contributed by atoms with E-state index < -0.39 is 6.10 Å². The first-order valence-corrected chi connectivity index (χ1v) is 8.89. The third kappa shape index (κ3) is 3.20. The van der Waals surface area contributed by atoms with Gasteiger partial charge in [0.2, 0.25) is 5.91 Å². The second-order valence-corrected chi connectivity index (χ2v) is 6.77. The van der Waals surface area contributed by atoms with Crippen LogP contribution in [0.1, 0.15) is 37.6 Å². The molecule has 1 aliphatic heterocycles. The Morgan fingerprint density at radius 2 is 2.08 bits per heavy atom. The van der Waals surface area contributed by atoms with E-state index in [0.717, 1.165) is 23.9 Å². The van der Waals surface area contributed by atoms with Crippen LogP contribution in [0.25, 0.3) is 11.0 Å². The SMILES string of the molecule is CC(O)c1cn(C2CCN(C(=O)Cn3cnc4ccccc43)CC2)nn1. The molecule has 0 radical (unpaired) electrons. The Bertz CT molecular complexity index is 907. The zero-order valence-corrected chi connectivity index (χ0v) is 14.7. The second kappa shape index (κ2) is 6.87. The van der Waals surface area contributed by atoms with E-state index in [-0.39, 0.29) is 11.9 Å². The summed E-state index contributed by atoms with van der Waals surface area (Å²) in [6, 6.07) is 8.04. The number of nitrogens with zero attached hydrogens (tertiary/aromatic N) is 6. The van der Waals surface area contributed by atoms with Gasteiger partial charge in [-0.2, -0.15) is 0 Å². The summed E-state index contributed by atoms with van der Waals surface area (Å²) in [6.07, 6.45) is 4.57. The highest BCUT2D eigenvalue weighted by atomic mass is 16.3. The highest BCUT2D eigenvalue weighted by Crippen LogP contribution is 2.23. The highest BCUT2D eigenvalue weighted by Gasteiger charge is 2.25. The molecule has 4 rings (SSSR count). The number of aliphatic hydroxyl groups excluding tert-OH is 1. The summed E-state index contributed by atoms with van der Waals surface area (Å²) in [5.41, 5.74) is 2.46. The first-order chi connectivity index (χ1) is 12.6. The van der Waals surface area contributed by atoms with Crippen LogP contribution in [-0.2, 0) is 11.3 Å². The number of para-hydroxylation sites is 2. The Kier molecular flexibility index (Phi) is 4.42. The minimum absolute atomic E-state index is 0.106. The van der Waals surface area contributed by atoms with Gasteiger partial charge in [-0.1, -0.05) is 17.3 Å². The van der Waals surface area contributed by atoms with Crippen molar-refractivity contribution in [1.29, 1.82) is 0 Å². The van der Waals surface area contributed by atoms with Crippen LogP contribution < -0.4 is 0 Å². The van der Waals surface area contributed by atoms with Crippen LogP contribution in [0.2, 0.25) is 0 Å². The molecule has 8 heteroatoms. The van der Waals surface area contributed by atoms with Gasteiger partial charge in [-0.15, -0.1) is 5.10 Å². The van der Waals surface area contributed by atoms with Gasteiger partial charge >= 0.3 is 0 Å². The Hall–Kier alpha value is -2.74. The summed E-state index contributed by atoms with van der Waals surface area (Å²) < 4.78 is 3.71. The largest absolute Gasteiger partial charge is 0.387 e. The standard InChI is InChI=1S/C18H22N6O2/c1-13(25)16-10-24(21-20-16)14-6-8-22(9-7-14)18(26)11-23-12-19-15-4-2-3-5-17(15)23/h2-5,10,12-14,25H,6-9,11H2,1H3. The fourth-order valence-corrected chi connectivity index (χ4v) is 3.42. The molecule has 0 aliphatic carbocycles. The molecule has 26 heavy (non-hydrogen) atoms. The van der Waals surface area contributed by atoms with Crippen molar-refractivity contribution in [1.82, 2.24) is 29.4 Å². The molecular formula is C18H22N6O2. The van der Waals surface area contributed by atoms with Crippen LogP contribution in [0, 0.1) is 0 Å². The maximum Gasteiger partial charge on any atom is 0.242 e. The molecule has 1 N–H and O–H groups in total. The molecule has 1 fully saturated rings. The van der Waals surface area contributed by atoms with Crippen molar-refractivity contribution >= 4 is 16.9 Å². The van der Waals surface area contributed by atoms with Crippen LogP contribution >= 0.6 is 0 Å². The number of imidazole rings is 1. The molecule has 1 unspecified atom stereocenters. The number of benzene rings is 1. The summed E-state index contributed by atoms with van der Waals surface area (Å²) in [4.78, 5) is 18.9. The van der Waals surface area contributed by atoms with E-state index in [4.69, 9.17) is 0 Å². The molecule has 1 saturated heterocycles. The fourth-order valence-electron chi connectivity index (χ4n) is 3.42. The molecule has 3 aromatic rings. The number of aliphatic hydroxyl groups is 1. The number of amides is 1. The summed E-state index contributed by atoms with van der Waals surface area (Å²) in [6.45, 7) is 3.37. The Labute approximate surface area is 151 Å². The van der Waals surface area contributed by atoms with Gasteiger partial charge in [-0.05, 0) is 31.9 Å². The summed E-state index contributed by atoms with van der Waals surface area (Å²) in [5, 5.41) is 17.7. The molecular weight excluding hydrogens is 332 g/mol. The Morgan fingerprint density at radius 1 is 1.31 bits per heavy atom. The maximum absolute atomic E-state index is 12.7. The minimum Gasteiger partial charge on any atom is -0.387 e. The van der Waals surface area contributed by atoms with Crippen molar-refractivity contribution in [2.24, 2.45) is 0 Å². The van der Waals surface area contributed by atoms with Gasteiger partial charge in [0.05, 0.1) is 35.7 Å². The van der Waals surface area contributed by atoms with Gasteiger partial charge in [-0.25, -0.2) is 9.67 Å². The molecule has 1 amide bonds. The molecule has 136 valence electrons. The lowest BCUT2D eigenvalue weighted by atomic mass is 10.1. The van der Waals surface area contributed by atoms with Gasteiger partial charge in [0.25, 0.3) is 0 Å². The van der Waals surface area contributed by atoms with E-state index in [0.29, 0.717) is 25.3 Å². The van der Waals surface area contributed by atoms with Crippen LogP contribution in [0.15, 0.2) is 36.8 Å². The first kappa shape index (κ1) is 16.7. The van der Waals surface area contributed by atoms with Gasteiger partial charge in [0.1, 0.15) is 12.2 Å². The molecule has 0 spiro atoms. The van der Waals surface area contributed by atoms with E-state index in [9.17, 15) is 9.90 Å². The van der Waals surface area contributed by atoms with Crippen molar-refractivity contribution in [3.05, 3.63) is 42.5 Å². The summed E-state index contributed by atoms with van der Waals surface area (Å²) in [5.74, 6) is 0.106. The molecule has 8 nitrogen and oxygen atoms in total. The molecule has 3 heterocycles. The van der Waals surface area contributed by atoms with E-state index in [1.54, 1.807) is 19.4 Å². The Morgan fingerprint density at radius 3 is 2.81 bits per heavy atom. The van der Waals surface area contributed by atoms with Gasteiger partial charge in [0, 0.05) is 13.1 Å². The molecule has 1 aliphatic rings. The summed E-state index contributed by atoms with van der Waals surface area (Å²) >= 11 is 0. The first-order valence-electron chi connectivity index (χ1n) is 8.89. The second-order valence-electron chi connectivity index (χ2n) is 6.77. The van der Waals surface area contributed by atoms with Crippen LogP contribution in [-0.4, -0.2) is 53.5 Å². The maximum atomic E-state index is 12.7. The third-order valence-electron chi connectivity index (χ3n) is 4.98. The number of hydrogen-bond donors (Lipinski definition) is 1. The highest BCUT2D eigenvalue weighted by molar-refractivity contribution is 5.80. The van der Waals surface area contributed by atoms with Crippen LogP contribution in [0.4, 0.5) is 0 Å². The van der Waals surface area contributed by atoms with Crippen molar-refractivity contribution in [2.45, 2.75) is 38.5 Å².